The first kappa shape index (κ1) is 14.2. The summed E-state index contributed by atoms with van der Waals surface area (Å²) in [5, 5.41) is 32.9. The first-order valence-electron chi connectivity index (χ1n) is 5.92. The predicted octanol–water partition coefficient (Wildman–Crippen LogP) is 1.44. The highest BCUT2D eigenvalue weighted by molar-refractivity contribution is 6.10. The van der Waals surface area contributed by atoms with Crippen molar-refractivity contribution in [2.75, 3.05) is 5.32 Å². The summed E-state index contributed by atoms with van der Waals surface area (Å²) in [4.78, 5) is 12.1. The van der Waals surface area contributed by atoms with Crippen molar-refractivity contribution in [3.63, 3.8) is 0 Å². The molecular formula is C14H13N3O4. The molecule has 7 nitrogen and oxygen atoms in total. The number of carbonyl (C=O) groups excluding carboxylic acids is 1. The van der Waals surface area contributed by atoms with Crippen LogP contribution in [0.25, 0.3) is 0 Å². The molecule has 21 heavy (non-hydrogen) atoms. The SMILES string of the molecule is N/C(=N/O)c1ccccc1NC(=O)c1cc(O)cc(O)c1. The number of oxime groups is 1. The summed E-state index contributed by atoms with van der Waals surface area (Å²) in [6, 6.07) is 10.0. The molecule has 0 saturated carbocycles. The number of amides is 1. The van der Waals surface area contributed by atoms with Gasteiger partial charge in [0.1, 0.15) is 11.5 Å². The van der Waals surface area contributed by atoms with E-state index in [0.29, 0.717) is 11.3 Å². The van der Waals surface area contributed by atoms with E-state index in [1.165, 1.54) is 12.1 Å². The van der Waals surface area contributed by atoms with Crippen molar-refractivity contribution in [1.82, 2.24) is 0 Å². The second kappa shape index (κ2) is 5.83. The molecule has 1 amide bonds. The fourth-order valence-corrected chi connectivity index (χ4v) is 1.79. The summed E-state index contributed by atoms with van der Waals surface area (Å²) in [5.74, 6) is -1.17. The van der Waals surface area contributed by atoms with Gasteiger partial charge in [0.25, 0.3) is 5.91 Å². The first-order valence-corrected chi connectivity index (χ1v) is 5.92. The Morgan fingerprint density at radius 2 is 1.71 bits per heavy atom. The zero-order valence-electron chi connectivity index (χ0n) is 10.8. The van der Waals surface area contributed by atoms with E-state index in [1.807, 2.05) is 0 Å². The summed E-state index contributed by atoms with van der Waals surface area (Å²) < 4.78 is 0. The average molecular weight is 287 g/mol. The fourth-order valence-electron chi connectivity index (χ4n) is 1.79. The van der Waals surface area contributed by atoms with Crippen molar-refractivity contribution in [2.24, 2.45) is 10.9 Å². The minimum absolute atomic E-state index is 0.0711. The zero-order chi connectivity index (χ0) is 15.4. The summed E-state index contributed by atoms with van der Waals surface area (Å²) in [7, 11) is 0. The van der Waals surface area contributed by atoms with Gasteiger partial charge >= 0.3 is 0 Å². The summed E-state index contributed by atoms with van der Waals surface area (Å²) >= 11 is 0. The summed E-state index contributed by atoms with van der Waals surface area (Å²) in [6.07, 6.45) is 0. The number of benzene rings is 2. The Kier molecular flexibility index (Phi) is 3.94. The van der Waals surface area contributed by atoms with E-state index in [9.17, 15) is 15.0 Å². The molecule has 0 atom stereocenters. The van der Waals surface area contributed by atoms with Gasteiger partial charge in [-0.1, -0.05) is 17.3 Å². The number of anilines is 1. The van der Waals surface area contributed by atoms with Gasteiger partial charge in [-0.3, -0.25) is 4.79 Å². The molecular weight excluding hydrogens is 274 g/mol. The average Bonchev–Trinajstić information content (AvgIpc) is 2.46. The molecule has 0 fully saturated rings. The zero-order valence-corrected chi connectivity index (χ0v) is 10.8. The van der Waals surface area contributed by atoms with Crippen LogP contribution in [0.5, 0.6) is 11.5 Å². The van der Waals surface area contributed by atoms with E-state index in [-0.39, 0.29) is 22.9 Å². The van der Waals surface area contributed by atoms with E-state index in [2.05, 4.69) is 10.5 Å². The molecule has 0 aliphatic rings. The number of nitrogens with two attached hydrogens (primary N) is 1. The Bertz CT molecular complexity index is 693. The van der Waals surface area contributed by atoms with Crippen LogP contribution in [-0.4, -0.2) is 27.2 Å². The molecule has 0 heterocycles. The third-order valence-electron chi connectivity index (χ3n) is 2.72. The fraction of sp³-hybridized carbons (Fsp3) is 0. The quantitative estimate of drug-likeness (QED) is 0.252. The van der Waals surface area contributed by atoms with Gasteiger partial charge in [-0.15, -0.1) is 0 Å². The first-order chi connectivity index (χ1) is 10.0. The van der Waals surface area contributed by atoms with Crippen LogP contribution in [0.4, 0.5) is 5.69 Å². The number of hydrogen-bond acceptors (Lipinski definition) is 5. The van der Waals surface area contributed by atoms with Gasteiger partial charge in [-0.25, -0.2) is 0 Å². The van der Waals surface area contributed by atoms with Crippen molar-refractivity contribution in [3.05, 3.63) is 53.6 Å². The van der Waals surface area contributed by atoms with Crippen LogP contribution >= 0.6 is 0 Å². The van der Waals surface area contributed by atoms with Crippen molar-refractivity contribution >= 4 is 17.4 Å². The van der Waals surface area contributed by atoms with Crippen molar-refractivity contribution in [2.45, 2.75) is 0 Å². The van der Waals surface area contributed by atoms with Crippen molar-refractivity contribution < 1.29 is 20.2 Å². The van der Waals surface area contributed by atoms with Gasteiger partial charge in [0.15, 0.2) is 5.84 Å². The molecule has 0 aliphatic heterocycles. The third kappa shape index (κ3) is 3.21. The summed E-state index contributed by atoms with van der Waals surface area (Å²) in [5.41, 5.74) is 6.28. The van der Waals surface area contributed by atoms with Gasteiger partial charge < -0.3 is 26.5 Å². The maximum Gasteiger partial charge on any atom is 0.255 e. The van der Waals surface area contributed by atoms with Crippen LogP contribution in [0.2, 0.25) is 0 Å². The second-order valence-electron chi connectivity index (χ2n) is 4.22. The third-order valence-corrected chi connectivity index (χ3v) is 2.72. The Morgan fingerprint density at radius 1 is 1.10 bits per heavy atom. The molecule has 0 spiro atoms. The van der Waals surface area contributed by atoms with Crippen LogP contribution in [0.15, 0.2) is 47.6 Å². The molecule has 0 aromatic heterocycles. The van der Waals surface area contributed by atoms with Gasteiger partial charge in [0.2, 0.25) is 0 Å². The number of nitrogens with one attached hydrogen (secondary N) is 1. The number of phenols is 2. The lowest BCUT2D eigenvalue weighted by molar-refractivity contribution is 0.102. The number of para-hydroxylation sites is 1. The standard InChI is InChI=1S/C14H13N3O4/c15-13(17-21)11-3-1-2-4-12(11)16-14(20)8-5-9(18)7-10(19)6-8/h1-7,18-19,21H,(H2,15,17)(H,16,20). The molecule has 108 valence electrons. The van der Waals surface area contributed by atoms with Gasteiger partial charge in [-0.05, 0) is 24.3 Å². The molecule has 2 rings (SSSR count). The Balaban J connectivity index is 2.32. The second-order valence-corrected chi connectivity index (χ2v) is 4.22. The number of nitrogens with zero attached hydrogens (tertiary/aromatic N) is 1. The molecule has 0 radical (unpaired) electrons. The highest BCUT2D eigenvalue weighted by Crippen LogP contribution is 2.22. The summed E-state index contributed by atoms with van der Waals surface area (Å²) in [6.45, 7) is 0. The van der Waals surface area contributed by atoms with Crippen LogP contribution in [0, 0.1) is 0 Å². The highest BCUT2D eigenvalue weighted by Gasteiger charge is 2.12. The van der Waals surface area contributed by atoms with Crippen LogP contribution in [-0.2, 0) is 0 Å². The number of amidine groups is 1. The topological polar surface area (TPSA) is 128 Å². The van der Waals surface area contributed by atoms with Crippen LogP contribution < -0.4 is 11.1 Å². The largest absolute Gasteiger partial charge is 0.508 e. The maximum absolute atomic E-state index is 12.1. The lowest BCUT2D eigenvalue weighted by Crippen LogP contribution is -2.19. The molecule has 0 bridgehead atoms. The van der Waals surface area contributed by atoms with Gasteiger partial charge in [0.05, 0.1) is 5.69 Å². The number of carbonyl (C=O) groups is 1. The minimum atomic E-state index is -0.556. The van der Waals surface area contributed by atoms with E-state index < -0.39 is 5.91 Å². The van der Waals surface area contributed by atoms with E-state index in [1.54, 1.807) is 24.3 Å². The van der Waals surface area contributed by atoms with E-state index >= 15 is 0 Å². The van der Waals surface area contributed by atoms with Gasteiger partial charge in [-0.2, -0.15) is 0 Å². The maximum atomic E-state index is 12.1. The normalized spacial score (nSPS) is 11.1. The number of hydrogen-bond donors (Lipinski definition) is 5. The smallest absolute Gasteiger partial charge is 0.255 e. The molecule has 2 aromatic carbocycles. The highest BCUT2D eigenvalue weighted by atomic mass is 16.4. The molecule has 0 saturated heterocycles. The van der Waals surface area contributed by atoms with E-state index in [4.69, 9.17) is 10.9 Å². The molecule has 7 heteroatoms. The predicted molar refractivity (Wildman–Crippen MR) is 76.7 cm³/mol. The minimum Gasteiger partial charge on any atom is -0.508 e. The van der Waals surface area contributed by atoms with Crippen molar-refractivity contribution in [1.29, 1.82) is 0 Å². The molecule has 0 unspecified atom stereocenters. The lowest BCUT2D eigenvalue weighted by Gasteiger charge is -2.10. The number of rotatable bonds is 3. The monoisotopic (exact) mass is 287 g/mol. The molecule has 0 aliphatic carbocycles. The van der Waals surface area contributed by atoms with Crippen LogP contribution in [0.3, 0.4) is 0 Å². The Morgan fingerprint density at radius 3 is 2.33 bits per heavy atom. The number of aromatic hydroxyl groups is 2. The van der Waals surface area contributed by atoms with Crippen molar-refractivity contribution in [3.8, 4) is 11.5 Å². The Labute approximate surface area is 120 Å². The van der Waals surface area contributed by atoms with Gasteiger partial charge in [0, 0.05) is 17.2 Å². The lowest BCUT2D eigenvalue weighted by atomic mass is 10.1. The molecule has 2 aromatic rings. The van der Waals surface area contributed by atoms with Crippen LogP contribution in [0.1, 0.15) is 15.9 Å². The molecule has 6 N–H and O–H groups in total. The number of phenolic OH excluding ortho intramolecular Hbond substituents is 2. The Hall–Kier alpha value is -3.22. The van der Waals surface area contributed by atoms with E-state index in [0.717, 1.165) is 6.07 Å².